The minimum atomic E-state index is -1.13. The molecular weight excluding hydrogens is 349 g/mol. The van der Waals surface area contributed by atoms with Crippen LogP contribution < -0.4 is 10.6 Å². The third-order valence-electron chi connectivity index (χ3n) is 4.01. The number of aromatic nitrogens is 1. The van der Waals surface area contributed by atoms with Crippen molar-refractivity contribution in [1.29, 1.82) is 0 Å². The number of benzene rings is 2. The Labute approximate surface area is 156 Å². The molecule has 0 aliphatic carbocycles. The SMILES string of the molecule is CC(C)(C)c1nc2cc(NC(=O)NCC(O)c3ccccc3F)ccc2o1. The van der Waals surface area contributed by atoms with Crippen molar-refractivity contribution in [2.75, 3.05) is 11.9 Å². The number of aliphatic hydroxyl groups is 1. The van der Waals surface area contributed by atoms with Gasteiger partial charge in [0.15, 0.2) is 5.58 Å². The average molecular weight is 371 g/mol. The lowest BCUT2D eigenvalue weighted by Crippen LogP contribution is -2.32. The van der Waals surface area contributed by atoms with E-state index in [9.17, 15) is 14.3 Å². The molecule has 3 N–H and O–H groups in total. The van der Waals surface area contributed by atoms with Gasteiger partial charge < -0.3 is 20.2 Å². The number of nitrogens with zero attached hydrogens (tertiary/aromatic N) is 1. The van der Waals surface area contributed by atoms with Crippen molar-refractivity contribution in [3.05, 3.63) is 59.7 Å². The Morgan fingerprint density at radius 1 is 1.26 bits per heavy atom. The normalized spacial score (nSPS) is 12.8. The van der Waals surface area contributed by atoms with Crippen molar-refractivity contribution in [1.82, 2.24) is 10.3 Å². The first kappa shape index (κ1) is 18.8. The molecule has 142 valence electrons. The molecule has 27 heavy (non-hydrogen) atoms. The van der Waals surface area contributed by atoms with Gasteiger partial charge in [-0.1, -0.05) is 39.0 Å². The van der Waals surface area contributed by atoms with Crippen LogP contribution in [-0.4, -0.2) is 22.7 Å². The van der Waals surface area contributed by atoms with E-state index in [0.29, 0.717) is 22.7 Å². The summed E-state index contributed by atoms with van der Waals surface area (Å²) in [6, 6.07) is 10.5. The van der Waals surface area contributed by atoms with Crippen LogP contribution in [0, 0.1) is 5.82 Å². The predicted octanol–water partition coefficient (Wildman–Crippen LogP) is 4.12. The number of hydrogen-bond donors (Lipinski definition) is 3. The van der Waals surface area contributed by atoms with Gasteiger partial charge in [-0.2, -0.15) is 0 Å². The van der Waals surface area contributed by atoms with Gasteiger partial charge in [0.25, 0.3) is 0 Å². The van der Waals surface area contributed by atoms with Gasteiger partial charge in [0.05, 0.1) is 6.10 Å². The van der Waals surface area contributed by atoms with Crippen molar-refractivity contribution in [3.63, 3.8) is 0 Å². The quantitative estimate of drug-likeness (QED) is 0.644. The zero-order valence-corrected chi connectivity index (χ0v) is 15.4. The van der Waals surface area contributed by atoms with Crippen molar-refractivity contribution in [2.24, 2.45) is 0 Å². The van der Waals surface area contributed by atoms with E-state index in [1.165, 1.54) is 18.2 Å². The summed E-state index contributed by atoms with van der Waals surface area (Å²) in [5, 5.41) is 15.2. The third kappa shape index (κ3) is 4.43. The molecule has 3 rings (SSSR count). The monoisotopic (exact) mass is 371 g/mol. The molecule has 2 amide bonds. The number of rotatable bonds is 4. The van der Waals surface area contributed by atoms with E-state index < -0.39 is 18.0 Å². The molecule has 1 aromatic heterocycles. The maximum Gasteiger partial charge on any atom is 0.319 e. The molecule has 0 aliphatic rings. The standard InChI is InChI=1S/C20H22FN3O3/c1-20(2,3)18-24-15-10-12(8-9-17(15)27-18)23-19(26)22-11-16(25)13-6-4-5-7-14(13)21/h4-10,16,25H,11H2,1-3H3,(H2,22,23,26). The fourth-order valence-corrected chi connectivity index (χ4v) is 2.55. The number of carbonyl (C=O) groups excluding carboxylic acids is 1. The molecule has 0 saturated carbocycles. The number of amides is 2. The molecule has 0 saturated heterocycles. The Morgan fingerprint density at radius 2 is 2.00 bits per heavy atom. The molecule has 2 aromatic carbocycles. The average Bonchev–Trinajstić information content (AvgIpc) is 3.04. The first-order valence-corrected chi connectivity index (χ1v) is 8.62. The summed E-state index contributed by atoms with van der Waals surface area (Å²) in [7, 11) is 0. The molecule has 1 atom stereocenters. The van der Waals surface area contributed by atoms with Crippen LogP contribution in [-0.2, 0) is 5.41 Å². The highest BCUT2D eigenvalue weighted by molar-refractivity contribution is 5.91. The van der Waals surface area contributed by atoms with E-state index in [0.717, 1.165) is 0 Å². The molecule has 0 bridgehead atoms. The minimum Gasteiger partial charge on any atom is -0.440 e. The molecule has 0 spiro atoms. The fourth-order valence-electron chi connectivity index (χ4n) is 2.55. The summed E-state index contributed by atoms with van der Waals surface area (Å²) in [4.78, 5) is 16.5. The lowest BCUT2D eigenvalue weighted by Gasteiger charge is -2.13. The third-order valence-corrected chi connectivity index (χ3v) is 4.01. The maximum absolute atomic E-state index is 13.6. The highest BCUT2D eigenvalue weighted by atomic mass is 19.1. The van der Waals surface area contributed by atoms with E-state index in [1.54, 1.807) is 24.3 Å². The summed E-state index contributed by atoms with van der Waals surface area (Å²) in [5.41, 5.74) is 1.74. The summed E-state index contributed by atoms with van der Waals surface area (Å²) >= 11 is 0. The van der Waals surface area contributed by atoms with Gasteiger partial charge in [0.1, 0.15) is 11.3 Å². The zero-order chi connectivity index (χ0) is 19.6. The van der Waals surface area contributed by atoms with Gasteiger partial charge in [-0.3, -0.25) is 0 Å². The van der Waals surface area contributed by atoms with E-state index in [-0.39, 0.29) is 17.5 Å². The Balaban J connectivity index is 1.63. The van der Waals surface area contributed by atoms with E-state index in [1.807, 2.05) is 20.8 Å². The number of nitrogens with one attached hydrogen (secondary N) is 2. The van der Waals surface area contributed by atoms with E-state index in [4.69, 9.17) is 4.42 Å². The molecule has 1 heterocycles. The van der Waals surface area contributed by atoms with Crippen LogP contribution in [0.5, 0.6) is 0 Å². The number of carbonyl (C=O) groups is 1. The summed E-state index contributed by atoms with van der Waals surface area (Å²) in [6.07, 6.45) is -1.13. The minimum absolute atomic E-state index is 0.118. The second kappa shape index (κ2) is 7.36. The number of halogens is 1. The number of oxazole rings is 1. The van der Waals surface area contributed by atoms with Gasteiger partial charge in [0, 0.05) is 23.2 Å². The number of urea groups is 1. The lowest BCUT2D eigenvalue weighted by atomic mass is 9.97. The molecular formula is C20H22FN3O3. The van der Waals surface area contributed by atoms with Crippen molar-refractivity contribution in [2.45, 2.75) is 32.3 Å². The fraction of sp³-hybridized carbons (Fsp3) is 0.300. The van der Waals surface area contributed by atoms with Gasteiger partial charge in [-0.05, 0) is 24.3 Å². The van der Waals surface area contributed by atoms with Crippen LogP contribution in [0.3, 0.4) is 0 Å². The zero-order valence-electron chi connectivity index (χ0n) is 15.4. The molecule has 0 radical (unpaired) electrons. The topological polar surface area (TPSA) is 87.4 Å². The van der Waals surface area contributed by atoms with Crippen molar-refractivity contribution >= 4 is 22.8 Å². The maximum atomic E-state index is 13.6. The number of aliphatic hydroxyl groups excluding tert-OH is 1. The second-order valence-electron chi connectivity index (χ2n) is 7.32. The van der Waals surface area contributed by atoms with Crippen molar-refractivity contribution in [3.8, 4) is 0 Å². The van der Waals surface area contributed by atoms with Crippen molar-refractivity contribution < 1.29 is 18.7 Å². The van der Waals surface area contributed by atoms with Gasteiger partial charge >= 0.3 is 6.03 Å². The highest BCUT2D eigenvalue weighted by Gasteiger charge is 2.21. The summed E-state index contributed by atoms with van der Waals surface area (Å²) in [5.74, 6) is 0.102. The van der Waals surface area contributed by atoms with Crippen LogP contribution in [0.4, 0.5) is 14.9 Å². The highest BCUT2D eigenvalue weighted by Crippen LogP contribution is 2.27. The number of fused-ring (bicyclic) bond motifs is 1. The van der Waals surface area contributed by atoms with Crippen LogP contribution >= 0.6 is 0 Å². The number of anilines is 1. The van der Waals surface area contributed by atoms with Crippen LogP contribution in [0.25, 0.3) is 11.1 Å². The smallest absolute Gasteiger partial charge is 0.319 e. The molecule has 6 nitrogen and oxygen atoms in total. The van der Waals surface area contributed by atoms with Crippen LogP contribution in [0.1, 0.15) is 38.3 Å². The first-order chi connectivity index (χ1) is 12.7. The van der Waals surface area contributed by atoms with E-state index in [2.05, 4.69) is 15.6 Å². The van der Waals surface area contributed by atoms with Gasteiger partial charge in [-0.25, -0.2) is 14.2 Å². The Bertz CT molecular complexity index is 963. The summed E-state index contributed by atoms with van der Waals surface area (Å²) < 4.78 is 19.4. The second-order valence-corrected chi connectivity index (χ2v) is 7.32. The molecule has 0 aliphatic heterocycles. The summed E-state index contributed by atoms with van der Waals surface area (Å²) in [6.45, 7) is 5.90. The molecule has 7 heteroatoms. The van der Waals surface area contributed by atoms with E-state index >= 15 is 0 Å². The Morgan fingerprint density at radius 3 is 2.70 bits per heavy atom. The van der Waals surface area contributed by atoms with Crippen LogP contribution in [0.15, 0.2) is 46.9 Å². The Kier molecular flexibility index (Phi) is 5.14. The number of hydrogen-bond acceptors (Lipinski definition) is 4. The lowest BCUT2D eigenvalue weighted by molar-refractivity contribution is 0.170. The van der Waals surface area contributed by atoms with Crippen LogP contribution in [0.2, 0.25) is 0 Å². The predicted molar refractivity (Wildman–Crippen MR) is 101 cm³/mol. The first-order valence-electron chi connectivity index (χ1n) is 8.62. The largest absolute Gasteiger partial charge is 0.440 e. The molecule has 0 fully saturated rings. The molecule has 1 unspecified atom stereocenters. The molecule has 3 aromatic rings. The van der Waals surface area contributed by atoms with Gasteiger partial charge in [0.2, 0.25) is 5.89 Å². The van der Waals surface area contributed by atoms with Gasteiger partial charge in [-0.15, -0.1) is 0 Å². The Hall–Kier alpha value is -2.93.